The molecule has 0 saturated carbocycles. The number of carbonyl (C=O) groups excluding carboxylic acids is 1. The van der Waals surface area contributed by atoms with Crippen molar-refractivity contribution in [3.8, 4) is 0 Å². The van der Waals surface area contributed by atoms with Crippen molar-refractivity contribution >= 4 is 33.2 Å². The van der Waals surface area contributed by atoms with Gasteiger partial charge in [-0.1, -0.05) is 17.7 Å². The lowest BCUT2D eigenvalue weighted by Gasteiger charge is -2.21. The lowest BCUT2D eigenvalue weighted by atomic mass is 10.3. The molecular weight excluding hydrogens is 328 g/mol. The van der Waals surface area contributed by atoms with E-state index in [2.05, 4.69) is 5.32 Å². The summed E-state index contributed by atoms with van der Waals surface area (Å²) >= 11 is 5.87. The van der Waals surface area contributed by atoms with Gasteiger partial charge in [0.05, 0.1) is 24.8 Å². The van der Waals surface area contributed by atoms with Crippen molar-refractivity contribution < 1.29 is 17.6 Å². The van der Waals surface area contributed by atoms with Crippen LogP contribution >= 0.6 is 11.6 Å². The van der Waals surface area contributed by atoms with Crippen molar-refractivity contribution in [1.82, 2.24) is 5.32 Å². The van der Waals surface area contributed by atoms with Gasteiger partial charge in [0, 0.05) is 5.02 Å². The van der Waals surface area contributed by atoms with Gasteiger partial charge in [-0.05, 0) is 30.3 Å². The monoisotopic (exact) mass is 342 g/mol. The topological polar surface area (TPSA) is 79.6 Å². The third-order valence-corrected chi connectivity index (χ3v) is 4.20. The molecule has 0 spiro atoms. The molecule has 0 radical (unpaired) electrons. The molecule has 2 aromatic rings. The molecule has 0 saturated heterocycles. The third kappa shape index (κ3) is 4.51. The maximum absolute atomic E-state index is 12.0. The Morgan fingerprint density at radius 3 is 2.68 bits per heavy atom. The minimum Gasteiger partial charge on any atom is -0.467 e. The standard InChI is InChI=1S/C14H15ClN2O4S/c1-22(19,20)17(12-5-2-4-11(15)8-12)10-14(18)16-9-13-6-3-7-21-13/h2-8H,9-10H2,1H3,(H,16,18). The largest absolute Gasteiger partial charge is 0.467 e. The van der Waals surface area contributed by atoms with Gasteiger partial charge in [-0.15, -0.1) is 0 Å². The van der Waals surface area contributed by atoms with Crippen LogP contribution in [0, 0.1) is 0 Å². The van der Waals surface area contributed by atoms with Gasteiger partial charge >= 0.3 is 0 Å². The fourth-order valence-electron chi connectivity index (χ4n) is 1.82. The van der Waals surface area contributed by atoms with E-state index in [9.17, 15) is 13.2 Å². The quantitative estimate of drug-likeness (QED) is 0.871. The summed E-state index contributed by atoms with van der Waals surface area (Å²) in [6.07, 6.45) is 2.53. The Balaban J connectivity index is 2.09. The average Bonchev–Trinajstić information content (AvgIpc) is 2.94. The number of nitrogens with one attached hydrogen (secondary N) is 1. The number of hydrogen-bond donors (Lipinski definition) is 1. The van der Waals surface area contributed by atoms with Crippen LogP contribution in [0.4, 0.5) is 5.69 Å². The maximum Gasteiger partial charge on any atom is 0.241 e. The molecule has 0 fully saturated rings. The smallest absolute Gasteiger partial charge is 0.241 e. The summed E-state index contributed by atoms with van der Waals surface area (Å²) < 4.78 is 29.9. The maximum atomic E-state index is 12.0. The van der Waals surface area contributed by atoms with Gasteiger partial charge in [0.2, 0.25) is 15.9 Å². The molecule has 1 amide bonds. The molecule has 0 aliphatic rings. The van der Waals surface area contributed by atoms with E-state index in [1.54, 1.807) is 30.3 Å². The molecule has 0 aliphatic heterocycles. The summed E-state index contributed by atoms with van der Waals surface area (Å²) in [5.41, 5.74) is 0.336. The Bertz CT molecular complexity index is 744. The molecule has 0 atom stereocenters. The molecule has 8 heteroatoms. The van der Waals surface area contributed by atoms with Crippen molar-refractivity contribution in [2.45, 2.75) is 6.54 Å². The number of halogens is 1. The highest BCUT2D eigenvalue weighted by Gasteiger charge is 2.21. The fourth-order valence-corrected chi connectivity index (χ4v) is 2.85. The molecule has 1 heterocycles. The SMILES string of the molecule is CS(=O)(=O)N(CC(=O)NCc1ccco1)c1cccc(Cl)c1. The second kappa shape index (κ2) is 6.85. The van der Waals surface area contributed by atoms with E-state index in [-0.39, 0.29) is 13.1 Å². The van der Waals surface area contributed by atoms with Crippen molar-refractivity contribution in [3.63, 3.8) is 0 Å². The van der Waals surface area contributed by atoms with Crippen LogP contribution < -0.4 is 9.62 Å². The third-order valence-electron chi connectivity index (χ3n) is 2.82. The van der Waals surface area contributed by atoms with Crippen molar-refractivity contribution in [2.75, 3.05) is 17.1 Å². The van der Waals surface area contributed by atoms with Gasteiger partial charge in [0.15, 0.2) is 0 Å². The van der Waals surface area contributed by atoms with Gasteiger partial charge < -0.3 is 9.73 Å². The van der Waals surface area contributed by atoms with Crippen LogP contribution in [-0.2, 0) is 21.4 Å². The molecule has 6 nitrogen and oxygen atoms in total. The first-order valence-electron chi connectivity index (χ1n) is 6.38. The summed E-state index contributed by atoms with van der Waals surface area (Å²) in [6.45, 7) is -0.140. The van der Waals surface area contributed by atoms with E-state index in [4.69, 9.17) is 16.0 Å². The Hall–Kier alpha value is -1.99. The number of nitrogens with zero attached hydrogens (tertiary/aromatic N) is 1. The normalized spacial score (nSPS) is 11.2. The number of carbonyl (C=O) groups is 1. The van der Waals surface area contributed by atoms with Crippen molar-refractivity contribution in [3.05, 3.63) is 53.4 Å². The van der Waals surface area contributed by atoms with Crippen molar-refractivity contribution in [1.29, 1.82) is 0 Å². The Morgan fingerprint density at radius 2 is 2.09 bits per heavy atom. The fraction of sp³-hybridized carbons (Fsp3) is 0.214. The molecule has 1 N–H and O–H groups in total. The zero-order chi connectivity index (χ0) is 16.2. The molecular formula is C14H15ClN2O4S. The highest BCUT2D eigenvalue weighted by atomic mass is 35.5. The number of rotatable bonds is 6. The first kappa shape index (κ1) is 16.4. The molecule has 1 aromatic carbocycles. The average molecular weight is 343 g/mol. The second-order valence-electron chi connectivity index (χ2n) is 4.61. The molecule has 0 unspecified atom stereocenters. The first-order valence-corrected chi connectivity index (χ1v) is 8.61. The van der Waals surface area contributed by atoms with Crippen molar-refractivity contribution in [2.24, 2.45) is 0 Å². The van der Waals surface area contributed by atoms with Crippen LogP contribution in [0.3, 0.4) is 0 Å². The van der Waals surface area contributed by atoms with Crippen LogP contribution in [0.5, 0.6) is 0 Å². The van der Waals surface area contributed by atoms with E-state index in [0.717, 1.165) is 10.6 Å². The van der Waals surface area contributed by atoms with E-state index >= 15 is 0 Å². The first-order chi connectivity index (χ1) is 10.4. The van der Waals surface area contributed by atoms with E-state index in [1.165, 1.54) is 12.3 Å². The summed E-state index contributed by atoms with van der Waals surface area (Å²) in [5, 5.41) is 2.99. The number of sulfonamides is 1. The predicted octanol–water partition coefficient (Wildman–Crippen LogP) is 2.02. The van der Waals surface area contributed by atoms with Gasteiger partial charge in [-0.25, -0.2) is 8.42 Å². The Kier molecular flexibility index (Phi) is 5.10. The number of anilines is 1. The second-order valence-corrected chi connectivity index (χ2v) is 6.95. The summed E-state index contributed by atoms with van der Waals surface area (Å²) in [5.74, 6) is 0.142. The Labute approximate surface area is 133 Å². The van der Waals surface area contributed by atoms with Gasteiger partial charge in [-0.3, -0.25) is 9.10 Å². The number of benzene rings is 1. The van der Waals surface area contributed by atoms with E-state index in [0.29, 0.717) is 16.5 Å². The van der Waals surface area contributed by atoms with Crippen LogP contribution in [0.2, 0.25) is 5.02 Å². The zero-order valence-corrected chi connectivity index (χ0v) is 13.4. The van der Waals surface area contributed by atoms with Crippen LogP contribution in [0.25, 0.3) is 0 Å². The minimum absolute atomic E-state index is 0.193. The zero-order valence-electron chi connectivity index (χ0n) is 11.8. The molecule has 0 bridgehead atoms. The molecule has 1 aromatic heterocycles. The summed E-state index contributed by atoms with van der Waals surface area (Å²) in [4.78, 5) is 12.0. The summed E-state index contributed by atoms with van der Waals surface area (Å²) in [7, 11) is -3.61. The van der Waals surface area contributed by atoms with E-state index < -0.39 is 15.9 Å². The minimum atomic E-state index is -3.61. The van der Waals surface area contributed by atoms with Gasteiger partial charge in [-0.2, -0.15) is 0 Å². The number of furan rings is 1. The molecule has 0 aliphatic carbocycles. The lowest BCUT2D eigenvalue weighted by molar-refractivity contribution is -0.119. The number of hydrogen-bond acceptors (Lipinski definition) is 4. The van der Waals surface area contributed by atoms with E-state index in [1.807, 2.05) is 0 Å². The van der Waals surface area contributed by atoms with Crippen LogP contribution in [0.15, 0.2) is 47.1 Å². The summed E-state index contributed by atoms with van der Waals surface area (Å²) in [6, 6.07) is 9.73. The molecule has 118 valence electrons. The van der Waals surface area contributed by atoms with Gasteiger partial charge in [0.1, 0.15) is 12.3 Å². The molecule has 2 rings (SSSR count). The van der Waals surface area contributed by atoms with Gasteiger partial charge in [0.25, 0.3) is 0 Å². The highest BCUT2D eigenvalue weighted by molar-refractivity contribution is 7.92. The predicted molar refractivity (Wildman–Crippen MR) is 84.2 cm³/mol. The molecule has 22 heavy (non-hydrogen) atoms. The highest BCUT2D eigenvalue weighted by Crippen LogP contribution is 2.21. The van der Waals surface area contributed by atoms with Crippen LogP contribution in [-0.4, -0.2) is 27.1 Å². The van der Waals surface area contributed by atoms with Crippen LogP contribution in [0.1, 0.15) is 5.76 Å². The number of amides is 1. The lowest BCUT2D eigenvalue weighted by Crippen LogP contribution is -2.40. The Morgan fingerprint density at radius 1 is 1.32 bits per heavy atom.